The number of aliphatic hydroxyl groups excluding tert-OH is 1. The number of hydrogen-bond acceptors (Lipinski definition) is 9. The molecule has 3 rings (SSSR count). The van der Waals surface area contributed by atoms with Crippen LogP contribution in [0.1, 0.15) is 6.42 Å². The number of ether oxygens (including phenoxy) is 3. The molecule has 14 heteroatoms. The minimum Gasteiger partial charge on any atom is -0.491 e. The van der Waals surface area contributed by atoms with Gasteiger partial charge in [-0.05, 0) is 30.7 Å². The van der Waals surface area contributed by atoms with Crippen molar-refractivity contribution in [3.63, 3.8) is 0 Å². The Bertz CT molecular complexity index is 1030. The van der Waals surface area contributed by atoms with Crippen LogP contribution in [0.25, 0.3) is 0 Å². The molecule has 1 unspecified atom stereocenters. The van der Waals surface area contributed by atoms with E-state index in [1.807, 2.05) is 0 Å². The van der Waals surface area contributed by atoms with Crippen LogP contribution < -0.4 is 30.7 Å². The summed E-state index contributed by atoms with van der Waals surface area (Å²) in [7, 11) is 1.66. The third-order valence-electron chi connectivity index (χ3n) is 5.12. The number of carbonyl (C=O) groups is 1. The second-order valence-corrected chi connectivity index (χ2v) is 8.32. The summed E-state index contributed by atoms with van der Waals surface area (Å²) < 4.78 is 52.7. The minimum atomic E-state index is -4.80. The molecule has 0 aromatic heterocycles. The highest BCUT2D eigenvalue weighted by Crippen LogP contribution is 2.26. The summed E-state index contributed by atoms with van der Waals surface area (Å²) in [5.41, 5.74) is 1.11. The van der Waals surface area contributed by atoms with Crippen LogP contribution in [-0.2, 0) is 9.53 Å². The number of nitrogens with one attached hydrogen (secondary N) is 4. The largest absolute Gasteiger partial charge is 0.573 e. The summed E-state index contributed by atoms with van der Waals surface area (Å²) in [6.45, 7) is 1.04. The predicted molar refractivity (Wildman–Crippen MR) is 129 cm³/mol. The van der Waals surface area contributed by atoms with Gasteiger partial charge in [0.25, 0.3) is 5.91 Å². The zero-order valence-electron chi connectivity index (χ0n) is 20.0. The third kappa shape index (κ3) is 8.65. The van der Waals surface area contributed by atoms with E-state index in [0.29, 0.717) is 36.1 Å². The zero-order valence-corrected chi connectivity index (χ0v) is 20.8. The summed E-state index contributed by atoms with van der Waals surface area (Å²) in [4.78, 5) is 14.7. The number of benzene rings is 1. The molecule has 5 N–H and O–H groups in total. The number of alkyl halides is 3. The van der Waals surface area contributed by atoms with Crippen molar-refractivity contribution in [1.82, 2.24) is 26.2 Å². The number of allylic oxidation sites excluding steroid dienone is 2. The van der Waals surface area contributed by atoms with Crippen LogP contribution in [0.5, 0.6) is 11.5 Å². The molecule has 10 nitrogen and oxygen atoms in total. The second-order valence-electron chi connectivity index (χ2n) is 7.83. The van der Waals surface area contributed by atoms with Crippen LogP contribution in [0, 0.1) is 0 Å². The Morgan fingerprint density at radius 2 is 2.05 bits per heavy atom. The van der Waals surface area contributed by atoms with Crippen molar-refractivity contribution in [2.24, 2.45) is 0 Å². The Hall–Kier alpha value is -3.29. The van der Waals surface area contributed by atoms with Gasteiger partial charge in [0.05, 0.1) is 19.7 Å². The van der Waals surface area contributed by atoms with Crippen molar-refractivity contribution in [2.45, 2.75) is 19.1 Å². The van der Waals surface area contributed by atoms with Crippen LogP contribution in [0.15, 0.2) is 58.7 Å². The van der Waals surface area contributed by atoms with Crippen LogP contribution in [0.4, 0.5) is 13.2 Å². The summed E-state index contributed by atoms with van der Waals surface area (Å²) in [5.74, 6) is -0.134. The van der Waals surface area contributed by atoms with Gasteiger partial charge in [0.2, 0.25) is 6.35 Å². The number of rotatable bonds is 13. The van der Waals surface area contributed by atoms with E-state index in [4.69, 9.17) is 26.2 Å². The van der Waals surface area contributed by atoms with Gasteiger partial charge in [0.1, 0.15) is 29.6 Å². The normalized spacial score (nSPS) is 17.5. The topological polar surface area (TPSA) is 116 Å². The third-order valence-corrected chi connectivity index (χ3v) is 5.38. The van der Waals surface area contributed by atoms with E-state index in [0.717, 1.165) is 11.8 Å². The monoisotopic (exact) mass is 547 g/mol. The molecule has 2 heterocycles. The molecule has 1 amide bonds. The molecular weight excluding hydrogens is 519 g/mol. The van der Waals surface area contributed by atoms with Crippen molar-refractivity contribution in [1.29, 1.82) is 0 Å². The van der Waals surface area contributed by atoms with Gasteiger partial charge in [-0.25, -0.2) is 0 Å². The van der Waals surface area contributed by atoms with Crippen molar-refractivity contribution >= 4 is 17.5 Å². The lowest BCUT2D eigenvalue weighted by molar-refractivity contribution is -0.274. The first-order valence-electron chi connectivity index (χ1n) is 11.4. The lowest BCUT2D eigenvalue weighted by Gasteiger charge is -2.30. The maximum absolute atomic E-state index is 13.0. The standard InChI is InChI=1S/C23H29ClF3N5O5/c1-28-20-19(21(34)29-8-3-9-33)32(14-16-7-6-15(24)13-30-16)22(31-20)36-11-10-35-17-4-2-5-18(12-17)37-23(25,26)27/h2,4-7,12,22,28,30-31,33H,3,8-11,13-14H2,1H3,(H,29,34). The van der Waals surface area contributed by atoms with Crippen LogP contribution in [0.3, 0.4) is 0 Å². The molecule has 1 atom stereocenters. The fourth-order valence-electron chi connectivity index (χ4n) is 3.50. The molecule has 2 aliphatic rings. The van der Waals surface area contributed by atoms with Crippen LogP contribution in [0.2, 0.25) is 0 Å². The van der Waals surface area contributed by atoms with E-state index < -0.39 is 18.5 Å². The van der Waals surface area contributed by atoms with Crippen molar-refractivity contribution in [3.8, 4) is 11.5 Å². The molecular formula is C23H29ClF3N5O5. The van der Waals surface area contributed by atoms with Gasteiger partial charge in [-0.2, -0.15) is 0 Å². The maximum atomic E-state index is 13.0. The maximum Gasteiger partial charge on any atom is 0.573 e. The summed E-state index contributed by atoms with van der Waals surface area (Å²) in [6.07, 6.45) is -1.58. The van der Waals surface area contributed by atoms with E-state index in [9.17, 15) is 18.0 Å². The van der Waals surface area contributed by atoms with Gasteiger partial charge < -0.3 is 45.5 Å². The smallest absolute Gasteiger partial charge is 0.491 e. The number of hydrogen-bond donors (Lipinski definition) is 5. The molecule has 1 aromatic rings. The molecule has 0 radical (unpaired) electrons. The predicted octanol–water partition coefficient (Wildman–Crippen LogP) is 1.67. The van der Waals surface area contributed by atoms with E-state index in [-0.39, 0.29) is 38.0 Å². The van der Waals surface area contributed by atoms with E-state index >= 15 is 0 Å². The molecule has 0 saturated heterocycles. The molecule has 37 heavy (non-hydrogen) atoms. The molecule has 0 fully saturated rings. The highest BCUT2D eigenvalue weighted by Gasteiger charge is 2.36. The Morgan fingerprint density at radius 3 is 2.73 bits per heavy atom. The molecule has 0 spiro atoms. The number of aliphatic hydroxyl groups is 1. The molecule has 2 aliphatic heterocycles. The second kappa shape index (κ2) is 13.3. The highest BCUT2D eigenvalue weighted by atomic mass is 35.5. The lowest BCUT2D eigenvalue weighted by atomic mass is 10.2. The van der Waals surface area contributed by atoms with Gasteiger partial charge in [-0.3, -0.25) is 4.79 Å². The summed E-state index contributed by atoms with van der Waals surface area (Å²) in [5, 5.41) is 21.7. The van der Waals surface area contributed by atoms with Crippen molar-refractivity contribution in [3.05, 3.63) is 58.7 Å². The fraction of sp³-hybridized carbons (Fsp3) is 0.435. The Morgan fingerprint density at radius 1 is 1.27 bits per heavy atom. The van der Waals surface area contributed by atoms with Gasteiger partial charge in [-0.15, -0.1) is 13.2 Å². The first kappa shape index (κ1) is 28.3. The number of dihydropyridines is 1. The average molecular weight is 548 g/mol. The number of nitrogens with zero attached hydrogens (tertiary/aromatic N) is 1. The highest BCUT2D eigenvalue weighted by molar-refractivity contribution is 6.30. The summed E-state index contributed by atoms with van der Waals surface area (Å²) in [6, 6.07) is 5.18. The van der Waals surface area contributed by atoms with E-state index in [2.05, 4.69) is 26.0 Å². The first-order chi connectivity index (χ1) is 17.7. The Kier molecular flexibility index (Phi) is 10.2. The molecule has 0 aliphatic carbocycles. The SMILES string of the molecule is CNC1=C(C(=O)NCCCO)N(CC2=CC=C(Cl)CN2)C(OCCOc2cccc(OC(F)(F)F)c2)N1. The first-order valence-corrected chi connectivity index (χ1v) is 11.8. The van der Waals surface area contributed by atoms with Gasteiger partial charge in [0, 0.05) is 37.0 Å². The molecule has 204 valence electrons. The lowest BCUT2D eigenvalue weighted by Crippen LogP contribution is -2.45. The van der Waals surface area contributed by atoms with Crippen molar-refractivity contribution < 1.29 is 37.3 Å². The van der Waals surface area contributed by atoms with Crippen LogP contribution >= 0.6 is 11.6 Å². The Labute approximate surface area is 217 Å². The van der Waals surface area contributed by atoms with Crippen molar-refractivity contribution in [2.75, 3.05) is 46.5 Å². The van der Waals surface area contributed by atoms with Crippen LogP contribution in [-0.4, -0.2) is 75.1 Å². The summed E-state index contributed by atoms with van der Waals surface area (Å²) >= 11 is 6.02. The quantitative estimate of drug-likeness (QED) is 0.235. The van der Waals surface area contributed by atoms with Gasteiger partial charge >= 0.3 is 6.36 Å². The fourth-order valence-corrected chi connectivity index (χ4v) is 3.63. The number of carbonyl (C=O) groups excluding carboxylic acids is 1. The average Bonchev–Trinajstić information content (AvgIpc) is 3.19. The number of amides is 1. The molecule has 0 saturated carbocycles. The van der Waals surface area contributed by atoms with Gasteiger partial charge in [-0.1, -0.05) is 17.7 Å². The van der Waals surface area contributed by atoms with E-state index in [1.54, 1.807) is 24.1 Å². The Balaban J connectivity index is 1.65. The zero-order chi connectivity index (χ0) is 26.8. The number of halogens is 4. The van der Waals surface area contributed by atoms with Gasteiger partial charge in [0.15, 0.2) is 0 Å². The molecule has 0 bridgehead atoms. The molecule has 1 aromatic carbocycles. The van der Waals surface area contributed by atoms with E-state index in [1.165, 1.54) is 18.2 Å². The minimum absolute atomic E-state index is 0.0215.